The maximum atomic E-state index is 14.0. The van der Waals surface area contributed by atoms with Gasteiger partial charge in [0, 0.05) is 42.0 Å². The molecular formula is C39H47NO7. The zero-order valence-corrected chi connectivity index (χ0v) is 28.1. The van der Waals surface area contributed by atoms with Crippen molar-refractivity contribution >= 4 is 23.5 Å². The van der Waals surface area contributed by atoms with Crippen molar-refractivity contribution in [3.63, 3.8) is 0 Å². The van der Waals surface area contributed by atoms with Gasteiger partial charge in [0.25, 0.3) is 0 Å². The highest BCUT2D eigenvalue weighted by Gasteiger charge is 2.39. The lowest BCUT2D eigenvalue weighted by Crippen LogP contribution is -2.40. The van der Waals surface area contributed by atoms with Crippen LogP contribution in [0.3, 0.4) is 0 Å². The van der Waals surface area contributed by atoms with E-state index in [-0.39, 0.29) is 35.5 Å². The molecule has 3 aromatic rings. The van der Waals surface area contributed by atoms with Crippen LogP contribution in [0.5, 0.6) is 11.5 Å². The normalized spacial score (nSPS) is 17.0. The molecule has 250 valence electrons. The van der Waals surface area contributed by atoms with Gasteiger partial charge in [0.15, 0.2) is 0 Å². The molecule has 5 rings (SSSR count). The van der Waals surface area contributed by atoms with Gasteiger partial charge >= 0.3 is 11.9 Å². The molecule has 1 amide bonds. The summed E-state index contributed by atoms with van der Waals surface area (Å²) in [7, 11) is 0. The number of fused-ring (bicyclic) bond motifs is 2. The monoisotopic (exact) mass is 641 g/mol. The average molecular weight is 642 g/mol. The summed E-state index contributed by atoms with van der Waals surface area (Å²) in [5.41, 5.74) is 4.10. The Kier molecular flexibility index (Phi) is 10.7. The van der Waals surface area contributed by atoms with Crippen molar-refractivity contribution in [2.45, 2.75) is 103 Å². The molecular weight excluding hydrogens is 594 g/mol. The van der Waals surface area contributed by atoms with Crippen molar-refractivity contribution in [1.82, 2.24) is 0 Å². The van der Waals surface area contributed by atoms with E-state index in [2.05, 4.69) is 26.1 Å². The SMILES string of the molecule is CC(=O)OC(C1CCCCC1)C(c1ccc(C(C)(C)C)c(NC(=O)CC2c3ccccc3Oc3ccccc32)c1)C(C)OCC(=O)O. The van der Waals surface area contributed by atoms with Crippen LogP contribution in [-0.2, 0) is 29.3 Å². The van der Waals surface area contributed by atoms with Crippen LogP contribution in [0.15, 0.2) is 66.7 Å². The third kappa shape index (κ3) is 8.22. The van der Waals surface area contributed by atoms with Gasteiger partial charge in [0.1, 0.15) is 24.2 Å². The standard InChI is InChI=1S/C39H47NO7/c1-24(45-23-36(43)44)37(38(46-25(2)41)26-13-7-6-8-14-26)27-19-20-31(39(3,4)5)32(21-27)40-35(42)22-30-28-15-9-11-17-33(28)47-34-18-12-10-16-29(30)34/h9-12,15-21,24,26,30,37-38H,6-8,13-14,22-23H2,1-5H3,(H,40,42)(H,43,44). The predicted molar refractivity (Wildman–Crippen MR) is 181 cm³/mol. The summed E-state index contributed by atoms with van der Waals surface area (Å²) in [5.74, 6) is -0.605. The molecule has 8 heteroatoms. The fourth-order valence-electron chi connectivity index (χ4n) is 7.29. The fourth-order valence-corrected chi connectivity index (χ4v) is 7.29. The second-order valence-corrected chi connectivity index (χ2v) is 13.9. The highest BCUT2D eigenvalue weighted by atomic mass is 16.5. The van der Waals surface area contributed by atoms with Crippen molar-refractivity contribution in [3.05, 3.63) is 89.0 Å². The zero-order chi connectivity index (χ0) is 33.7. The van der Waals surface area contributed by atoms with E-state index in [1.165, 1.54) is 6.92 Å². The summed E-state index contributed by atoms with van der Waals surface area (Å²) < 4.78 is 18.1. The summed E-state index contributed by atoms with van der Waals surface area (Å²) >= 11 is 0. The van der Waals surface area contributed by atoms with Crippen LogP contribution in [0.25, 0.3) is 0 Å². The smallest absolute Gasteiger partial charge is 0.329 e. The van der Waals surface area contributed by atoms with Gasteiger partial charge in [0.05, 0.1) is 6.10 Å². The third-order valence-corrected chi connectivity index (χ3v) is 9.45. The first-order valence-electron chi connectivity index (χ1n) is 16.7. The number of amides is 1. The number of carbonyl (C=O) groups excluding carboxylic acids is 2. The third-order valence-electron chi connectivity index (χ3n) is 9.45. The van der Waals surface area contributed by atoms with Gasteiger partial charge in [-0.2, -0.15) is 0 Å². The number of rotatable bonds is 11. The van der Waals surface area contributed by atoms with Gasteiger partial charge in [-0.15, -0.1) is 0 Å². The van der Waals surface area contributed by atoms with Crippen LogP contribution >= 0.6 is 0 Å². The number of ether oxygens (including phenoxy) is 3. The van der Waals surface area contributed by atoms with E-state index in [9.17, 15) is 19.5 Å². The molecule has 1 aliphatic carbocycles. The average Bonchev–Trinajstić information content (AvgIpc) is 3.03. The van der Waals surface area contributed by atoms with Gasteiger partial charge in [-0.1, -0.05) is 88.6 Å². The Hall–Kier alpha value is -4.17. The summed E-state index contributed by atoms with van der Waals surface area (Å²) in [6.45, 7) is 9.08. The molecule has 0 spiro atoms. The lowest BCUT2D eigenvalue weighted by molar-refractivity contribution is -0.157. The van der Waals surface area contributed by atoms with E-state index >= 15 is 0 Å². The Bertz CT molecular complexity index is 1540. The number of benzene rings is 3. The quantitative estimate of drug-likeness (QED) is 0.203. The van der Waals surface area contributed by atoms with E-state index in [0.29, 0.717) is 5.69 Å². The topological polar surface area (TPSA) is 111 Å². The molecule has 3 unspecified atom stereocenters. The maximum absolute atomic E-state index is 14.0. The molecule has 1 fully saturated rings. The predicted octanol–water partition coefficient (Wildman–Crippen LogP) is 8.34. The van der Waals surface area contributed by atoms with E-state index in [1.807, 2.05) is 73.7 Å². The Morgan fingerprint density at radius 3 is 2.13 bits per heavy atom. The first kappa shape index (κ1) is 34.2. The minimum atomic E-state index is -1.07. The van der Waals surface area contributed by atoms with Crippen molar-refractivity contribution in [2.75, 3.05) is 11.9 Å². The Balaban J connectivity index is 1.51. The number of hydrogen-bond donors (Lipinski definition) is 2. The molecule has 2 aliphatic rings. The zero-order valence-electron chi connectivity index (χ0n) is 28.1. The minimum Gasteiger partial charge on any atom is -0.480 e. The molecule has 1 saturated carbocycles. The van der Waals surface area contributed by atoms with Crippen LogP contribution in [-0.4, -0.2) is 41.8 Å². The lowest BCUT2D eigenvalue weighted by Gasteiger charge is -2.38. The van der Waals surface area contributed by atoms with Crippen molar-refractivity contribution in [3.8, 4) is 11.5 Å². The number of hydrogen-bond acceptors (Lipinski definition) is 6. The number of aliphatic carboxylic acids is 1. The number of nitrogens with one attached hydrogen (secondary N) is 1. The maximum Gasteiger partial charge on any atom is 0.329 e. The number of para-hydroxylation sites is 2. The minimum absolute atomic E-state index is 0.113. The van der Waals surface area contributed by atoms with Gasteiger partial charge in [-0.3, -0.25) is 9.59 Å². The molecule has 0 aromatic heterocycles. The van der Waals surface area contributed by atoms with Crippen LogP contribution in [0.4, 0.5) is 5.69 Å². The largest absolute Gasteiger partial charge is 0.480 e. The van der Waals surface area contributed by atoms with Crippen LogP contribution in [0.1, 0.15) is 107 Å². The van der Waals surface area contributed by atoms with Gasteiger partial charge in [-0.25, -0.2) is 4.79 Å². The highest BCUT2D eigenvalue weighted by Crippen LogP contribution is 2.46. The van der Waals surface area contributed by atoms with Gasteiger partial charge in [0.2, 0.25) is 5.91 Å². The molecule has 0 saturated heterocycles. The van der Waals surface area contributed by atoms with Crippen LogP contribution in [0, 0.1) is 5.92 Å². The van der Waals surface area contributed by atoms with Crippen LogP contribution in [0.2, 0.25) is 0 Å². The molecule has 8 nitrogen and oxygen atoms in total. The molecule has 3 atom stereocenters. The van der Waals surface area contributed by atoms with E-state index in [4.69, 9.17) is 14.2 Å². The highest BCUT2D eigenvalue weighted by molar-refractivity contribution is 5.93. The molecule has 2 N–H and O–H groups in total. The number of carbonyl (C=O) groups is 3. The lowest BCUT2D eigenvalue weighted by atomic mass is 9.75. The summed E-state index contributed by atoms with van der Waals surface area (Å²) in [6.07, 6.45) is 4.19. The second kappa shape index (κ2) is 14.7. The number of anilines is 1. The van der Waals surface area contributed by atoms with Gasteiger partial charge in [-0.05, 0) is 60.4 Å². The molecule has 3 aromatic carbocycles. The first-order chi connectivity index (χ1) is 22.4. The molecule has 0 bridgehead atoms. The van der Waals surface area contributed by atoms with Crippen molar-refractivity contribution in [2.24, 2.45) is 5.92 Å². The van der Waals surface area contributed by atoms with E-state index < -0.39 is 30.7 Å². The van der Waals surface area contributed by atoms with E-state index in [1.54, 1.807) is 0 Å². The molecule has 1 heterocycles. The summed E-state index contributed by atoms with van der Waals surface area (Å²) in [6, 6.07) is 21.6. The second-order valence-electron chi connectivity index (χ2n) is 13.9. The van der Waals surface area contributed by atoms with Crippen LogP contribution < -0.4 is 10.1 Å². The Labute approximate surface area is 277 Å². The molecule has 1 aliphatic heterocycles. The number of carboxylic acid groups (broad SMARTS) is 1. The van der Waals surface area contributed by atoms with Gasteiger partial charge < -0.3 is 24.6 Å². The summed E-state index contributed by atoms with van der Waals surface area (Å²) in [4.78, 5) is 37.9. The fraction of sp³-hybridized carbons (Fsp3) is 0.462. The van der Waals surface area contributed by atoms with Crippen molar-refractivity contribution in [1.29, 1.82) is 0 Å². The number of carboxylic acids is 1. The van der Waals surface area contributed by atoms with Crippen molar-refractivity contribution < 1.29 is 33.7 Å². The van der Waals surface area contributed by atoms with E-state index in [0.717, 1.165) is 65.9 Å². The Morgan fingerprint density at radius 2 is 1.55 bits per heavy atom. The molecule has 0 radical (unpaired) electrons. The number of esters is 1. The first-order valence-corrected chi connectivity index (χ1v) is 16.7. The molecule has 47 heavy (non-hydrogen) atoms. The summed E-state index contributed by atoms with van der Waals surface area (Å²) in [5, 5.41) is 12.7. The Morgan fingerprint density at radius 1 is 0.936 bits per heavy atom.